The molecule has 0 atom stereocenters. The third-order valence-corrected chi connectivity index (χ3v) is 5.13. The van der Waals surface area contributed by atoms with Crippen LogP contribution in [-0.2, 0) is 0 Å². The molecule has 0 aliphatic carbocycles. The standard InChI is InChI=1S/C24H17N5O6/c30-27(31)22-7-3-18(4-8-22)25-17-1-5-19(6-2-17)26(20-9-13-23(14-10-20)28(32)33)21-11-15-24(16-12-21)29(34)35/h1-16,25H. The summed E-state index contributed by atoms with van der Waals surface area (Å²) >= 11 is 0. The molecule has 4 aromatic carbocycles. The summed E-state index contributed by atoms with van der Waals surface area (Å²) in [6.07, 6.45) is 0. The van der Waals surface area contributed by atoms with Gasteiger partial charge in [-0.3, -0.25) is 30.3 Å². The summed E-state index contributed by atoms with van der Waals surface area (Å²) in [7, 11) is 0. The number of nitro benzene ring substituents is 3. The number of nitro groups is 3. The van der Waals surface area contributed by atoms with E-state index in [0.29, 0.717) is 22.7 Å². The summed E-state index contributed by atoms with van der Waals surface area (Å²) in [6.45, 7) is 0. The largest absolute Gasteiger partial charge is 0.356 e. The van der Waals surface area contributed by atoms with Gasteiger partial charge in [-0.05, 0) is 60.7 Å². The van der Waals surface area contributed by atoms with Crippen LogP contribution in [0.1, 0.15) is 0 Å². The SMILES string of the molecule is O=[N+]([O-])c1ccc(Nc2ccc(N(c3ccc([N+](=O)[O-])cc3)c3ccc([N+](=O)[O-])cc3)cc2)cc1. The smallest absolute Gasteiger partial charge is 0.269 e. The molecule has 11 heteroatoms. The Morgan fingerprint density at radius 3 is 1.03 bits per heavy atom. The van der Waals surface area contributed by atoms with Crippen molar-refractivity contribution in [2.45, 2.75) is 0 Å². The Hall–Kier alpha value is -5.32. The van der Waals surface area contributed by atoms with Crippen molar-refractivity contribution >= 4 is 45.5 Å². The lowest BCUT2D eigenvalue weighted by atomic mass is 10.1. The van der Waals surface area contributed by atoms with Crippen LogP contribution >= 0.6 is 0 Å². The van der Waals surface area contributed by atoms with Crippen molar-refractivity contribution in [3.05, 3.63) is 127 Å². The average molecular weight is 471 g/mol. The summed E-state index contributed by atoms with van der Waals surface area (Å²) in [5.74, 6) is 0. The molecular weight excluding hydrogens is 454 g/mol. The van der Waals surface area contributed by atoms with Gasteiger partial charge in [0.2, 0.25) is 0 Å². The van der Waals surface area contributed by atoms with Crippen molar-refractivity contribution in [2.75, 3.05) is 10.2 Å². The lowest BCUT2D eigenvalue weighted by Crippen LogP contribution is -2.10. The molecule has 0 unspecified atom stereocenters. The van der Waals surface area contributed by atoms with Crippen LogP contribution in [-0.4, -0.2) is 14.8 Å². The highest BCUT2D eigenvalue weighted by molar-refractivity contribution is 5.78. The van der Waals surface area contributed by atoms with Crippen LogP contribution < -0.4 is 10.2 Å². The minimum absolute atomic E-state index is 0.00673. The van der Waals surface area contributed by atoms with Crippen molar-refractivity contribution < 1.29 is 14.8 Å². The Kier molecular flexibility index (Phi) is 6.31. The molecule has 0 aliphatic rings. The Balaban J connectivity index is 1.65. The molecule has 11 nitrogen and oxygen atoms in total. The molecule has 0 aromatic heterocycles. The highest BCUT2D eigenvalue weighted by Crippen LogP contribution is 2.36. The van der Waals surface area contributed by atoms with Crippen molar-refractivity contribution in [3.63, 3.8) is 0 Å². The van der Waals surface area contributed by atoms with Gasteiger partial charge in [-0.25, -0.2) is 0 Å². The van der Waals surface area contributed by atoms with Gasteiger partial charge >= 0.3 is 0 Å². The molecule has 0 heterocycles. The van der Waals surface area contributed by atoms with Crippen LogP contribution in [0.5, 0.6) is 0 Å². The molecule has 0 radical (unpaired) electrons. The molecule has 4 aromatic rings. The van der Waals surface area contributed by atoms with Crippen molar-refractivity contribution in [1.29, 1.82) is 0 Å². The fraction of sp³-hybridized carbons (Fsp3) is 0. The maximum Gasteiger partial charge on any atom is 0.269 e. The fourth-order valence-electron chi connectivity index (χ4n) is 3.42. The first kappa shape index (κ1) is 22.9. The second kappa shape index (κ2) is 9.67. The second-order valence-corrected chi connectivity index (χ2v) is 7.36. The number of non-ortho nitro benzene ring substituents is 3. The summed E-state index contributed by atoms with van der Waals surface area (Å²) in [5, 5.41) is 36.1. The molecule has 0 spiro atoms. The number of rotatable bonds is 8. The number of hydrogen-bond acceptors (Lipinski definition) is 8. The van der Waals surface area contributed by atoms with Gasteiger partial charge in [-0.2, -0.15) is 0 Å². The van der Waals surface area contributed by atoms with E-state index in [9.17, 15) is 30.3 Å². The van der Waals surface area contributed by atoms with Gasteiger partial charge in [0.05, 0.1) is 14.8 Å². The maximum atomic E-state index is 11.1. The quantitative estimate of drug-likeness (QED) is 0.223. The van der Waals surface area contributed by atoms with Crippen LogP contribution in [0.15, 0.2) is 97.1 Å². The van der Waals surface area contributed by atoms with E-state index < -0.39 is 14.8 Å². The minimum Gasteiger partial charge on any atom is -0.356 e. The maximum absolute atomic E-state index is 11.1. The Morgan fingerprint density at radius 1 is 0.457 bits per heavy atom. The van der Waals surface area contributed by atoms with Gasteiger partial charge in [0, 0.05) is 64.8 Å². The number of nitrogens with zero attached hydrogens (tertiary/aromatic N) is 4. The zero-order valence-corrected chi connectivity index (χ0v) is 18.0. The molecule has 0 fully saturated rings. The fourth-order valence-corrected chi connectivity index (χ4v) is 3.42. The summed E-state index contributed by atoms with van der Waals surface area (Å²) in [4.78, 5) is 33.3. The Bertz CT molecular complexity index is 1310. The summed E-state index contributed by atoms with van der Waals surface area (Å²) in [6, 6.07) is 25.2. The monoisotopic (exact) mass is 471 g/mol. The number of benzene rings is 4. The lowest BCUT2D eigenvalue weighted by Gasteiger charge is -2.25. The predicted molar refractivity (Wildman–Crippen MR) is 131 cm³/mol. The molecular formula is C24H17N5O6. The van der Waals surface area contributed by atoms with E-state index in [-0.39, 0.29) is 17.1 Å². The van der Waals surface area contributed by atoms with Crippen molar-refractivity contribution in [3.8, 4) is 0 Å². The highest BCUT2D eigenvalue weighted by atomic mass is 16.6. The number of hydrogen-bond donors (Lipinski definition) is 1. The minimum atomic E-state index is -0.487. The van der Waals surface area contributed by atoms with Gasteiger partial charge in [0.25, 0.3) is 17.1 Å². The first-order valence-corrected chi connectivity index (χ1v) is 10.2. The second-order valence-electron chi connectivity index (χ2n) is 7.36. The molecule has 0 saturated heterocycles. The Morgan fingerprint density at radius 2 is 0.714 bits per heavy atom. The van der Waals surface area contributed by atoms with Crippen LogP contribution in [0.2, 0.25) is 0 Å². The normalized spacial score (nSPS) is 10.4. The van der Waals surface area contributed by atoms with Gasteiger partial charge in [0.1, 0.15) is 0 Å². The van der Waals surface area contributed by atoms with Gasteiger partial charge < -0.3 is 10.2 Å². The van der Waals surface area contributed by atoms with Crippen LogP contribution in [0, 0.1) is 30.3 Å². The predicted octanol–water partition coefficient (Wildman–Crippen LogP) is 6.62. The molecule has 1 N–H and O–H groups in total. The van der Waals surface area contributed by atoms with E-state index in [4.69, 9.17) is 0 Å². The molecule has 174 valence electrons. The van der Waals surface area contributed by atoms with E-state index in [1.54, 1.807) is 48.5 Å². The molecule has 0 amide bonds. The highest BCUT2D eigenvalue weighted by Gasteiger charge is 2.16. The number of anilines is 5. The van der Waals surface area contributed by atoms with E-state index >= 15 is 0 Å². The van der Waals surface area contributed by atoms with Crippen LogP contribution in [0.4, 0.5) is 45.5 Å². The average Bonchev–Trinajstić information content (AvgIpc) is 2.86. The lowest BCUT2D eigenvalue weighted by molar-refractivity contribution is -0.385. The van der Waals surface area contributed by atoms with E-state index in [0.717, 1.165) is 5.69 Å². The molecule has 4 rings (SSSR count). The van der Waals surface area contributed by atoms with E-state index in [1.807, 2.05) is 17.0 Å². The van der Waals surface area contributed by atoms with Gasteiger partial charge in [0.15, 0.2) is 0 Å². The summed E-state index contributed by atoms with van der Waals surface area (Å²) < 4.78 is 0. The summed E-state index contributed by atoms with van der Waals surface area (Å²) in [5.41, 5.74) is 3.25. The third kappa shape index (κ3) is 5.20. The molecule has 35 heavy (non-hydrogen) atoms. The van der Waals surface area contributed by atoms with Crippen LogP contribution in [0.3, 0.4) is 0 Å². The topological polar surface area (TPSA) is 145 Å². The van der Waals surface area contributed by atoms with Gasteiger partial charge in [-0.15, -0.1) is 0 Å². The van der Waals surface area contributed by atoms with Crippen molar-refractivity contribution in [1.82, 2.24) is 0 Å². The third-order valence-electron chi connectivity index (χ3n) is 5.13. The first-order valence-electron chi connectivity index (χ1n) is 10.2. The molecule has 0 aliphatic heterocycles. The van der Waals surface area contributed by atoms with E-state index in [1.165, 1.54) is 36.4 Å². The zero-order chi connectivity index (χ0) is 24.9. The molecule has 0 bridgehead atoms. The first-order chi connectivity index (χ1) is 16.8. The van der Waals surface area contributed by atoms with Gasteiger partial charge in [-0.1, -0.05) is 0 Å². The zero-order valence-electron chi connectivity index (χ0n) is 18.0. The Labute approximate surface area is 198 Å². The number of nitrogens with one attached hydrogen (secondary N) is 1. The van der Waals surface area contributed by atoms with Crippen molar-refractivity contribution in [2.24, 2.45) is 0 Å². The molecule has 0 saturated carbocycles. The van der Waals surface area contributed by atoms with E-state index in [2.05, 4.69) is 5.32 Å². The van der Waals surface area contributed by atoms with Crippen LogP contribution in [0.25, 0.3) is 0 Å².